The van der Waals surface area contributed by atoms with E-state index < -0.39 is 6.10 Å². The Morgan fingerprint density at radius 1 is 1.22 bits per heavy atom. The lowest BCUT2D eigenvalue weighted by Gasteiger charge is -2.12. The van der Waals surface area contributed by atoms with Crippen LogP contribution in [0.15, 0.2) is 48.8 Å². The molecule has 1 atom stereocenters. The molecule has 1 unspecified atom stereocenters. The zero-order valence-corrected chi connectivity index (χ0v) is 10.4. The zero-order valence-electron chi connectivity index (χ0n) is 10.4. The van der Waals surface area contributed by atoms with Gasteiger partial charge in [0.1, 0.15) is 5.75 Å². The van der Waals surface area contributed by atoms with Gasteiger partial charge in [-0.1, -0.05) is 24.3 Å². The highest BCUT2D eigenvalue weighted by Crippen LogP contribution is 2.23. The number of hydrogen-bond acceptors (Lipinski definition) is 3. The van der Waals surface area contributed by atoms with Crippen molar-refractivity contribution in [3.63, 3.8) is 0 Å². The van der Waals surface area contributed by atoms with E-state index in [-0.39, 0.29) is 0 Å². The van der Waals surface area contributed by atoms with E-state index in [1.165, 1.54) is 0 Å². The second-order valence-electron chi connectivity index (χ2n) is 4.15. The second-order valence-corrected chi connectivity index (χ2v) is 4.15. The molecule has 0 radical (unpaired) electrons. The maximum absolute atomic E-state index is 10.1. The Morgan fingerprint density at radius 3 is 2.78 bits per heavy atom. The van der Waals surface area contributed by atoms with Gasteiger partial charge in [-0.25, -0.2) is 0 Å². The lowest BCUT2D eigenvalue weighted by molar-refractivity contribution is 0.167. The average Bonchev–Trinajstić information content (AvgIpc) is 2.46. The number of pyridine rings is 1. The van der Waals surface area contributed by atoms with Gasteiger partial charge in [-0.05, 0) is 36.1 Å². The summed E-state index contributed by atoms with van der Waals surface area (Å²) in [5.74, 6) is 0.871. The molecule has 0 fully saturated rings. The maximum Gasteiger partial charge on any atom is 0.122 e. The molecule has 1 heterocycles. The molecule has 1 aromatic heterocycles. The molecule has 3 heteroatoms. The van der Waals surface area contributed by atoms with Gasteiger partial charge in [0.2, 0.25) is 0 Å². The van der Waals surface area contributed by atoms with E-state index in [1.54, 1.807) is 19.5 Å². The summed E-state index contributed by atoms with van der Waals surface area (Å²) in [6, 6.07) is 11.6. The van der Waals surface area contributed by atoms with Gasteiger partial charge >= 0.3 is 0 Å². The summed E-state index contributed by atoms with van der Waals surface area (Å²) in [5, 5.41) is 10.1. The molecule has 2 aromatic rings. The summed E-state index contributed by atoms with van der Waals surface area (Å²) in [5.41, 5.74) is 1.97. The Bertz CT molecular complexity index is 485. The first-order valence-electron chi connectivity index (χ1n) is 6.01. The topological polar surface area (TPSA) is 42.4 Å². The van der Waals surface area contributed by atoms with Crippen LogP contribution >= 0.6 is 0 Å². The summed E-state index contributed by atoms with van der Waals surface area (Å²) in [4.78, 5) is 4.01. The molecule has 1 N–H and O–H groups in total. The summed E-state index contributed by atoms with van der Waals surface area (Å²) in [7, 11) is 1.66. The number of methoxy groups -OCH3 is 1. The number of rotatable bonds is 5. The minimum atomic E-state index is -0.483. The zero-order chi connectivity index (χ0) is 12.8. The van der Waals surface area contributed by atoms with E-state index >= 15 is 0 Å². The first kappa shape index (κ1) is 12.6. The third-order valence-electron chi connectivity index (χ3n) is 2.95. The Kier molecular flexibility index (Phi) is 4.31. The quantitative estimate of drug-likeness (QED) is 0.878. The molecule has 0 aliphatic heterocycles. The molecule has 0 aliphatic rings. The third-order valence-corrected chi connectivity index (χ3v) is 2.95. The minimum Gasteiger partial charge on any atom is -0.496 e. The maximum atomic E-state index is 10.1. The van der Waals surface area contributed by atoms with E-state index in [0.29, 0.717) is 6.42 Å². The molecule has 0 bridgehead atoms. The van der Waals surface area contributed by atoms with Crippen molar-refractivity contribution in [1.82, 2.24) is 4.98 Å². The van der Waals surface area contributed by atoms with Gasteiger partial charge in [0.25, 0.3) is 0 Å². The van der Waals surface area contributed by atoms with E-state index in [2.05, 4.69) is 4.98 Å². The fourth-order valence-corrected chi connectivity index (χ4v) is 1.94. The first-order chi connectivity index (χ1) is 8.81. The molecule has 2 rings (SSSR count). The van der Waals surface area contributed by atoms with Crippen LogP contribution in [0, 0.1) is 0 Å². The summed E-state index contributed by atoms with van der Waals surface area (Å²) in [6.45, 7) is 0. The monoisotopic (exact) mass is 243 g/mol. The second kappa shape index (κ2) is 6.17. The standard InChI is InChI=1S/C15H17NO2/c1-18-15-7-3-2-5-12(15)8-9-14(17)13-6-4-10-16-11-13/h2-7,10-11,14,17H,8-9H2,1H3. The van der Waals surface area contributed by atoms with Gasteiger partial charge in [0.15, 0.2) is 0 Å². The van der Waals surface area contributed by atoms with Crippen molar-refractivity contribution in [3.8, 4) is 5.75 Å². The number of para-hydroxylation sites is 1. The molecule has 0 saturated heterocycles. The lowest BCUT2D eigenvalue weighted by atomic mass is 10.0. The molecule has 0 saturated carbocycles. The number of aliphatic hydroxyl groups excluding tert-OH is 1. The molecule has 1 aromatic carbocycles. The van der Waals surface area contributed by atoms with Crippen molar-refractivity contribution < 1.29 is 9.84 Å². The van der Waals surface area contributed by atoms with Gasteiger partial charge in [-0.15, -0.1) is 0 Å². The molecule has 0 aliphatic carbocycles. The highest BCUT2D eigenvalue weighted by Gasteiger charge is 2.09. The predicted octanol–water partition coefficient (Wildman–Crippen LogP) is 2.76. The molecule has 3 nitrogen and oxygen atoms in total. The number of aliphatic hydroxyl groups is 1. The van der Waals surface area contributed by atoms with Crippen molar-refractivity contribution in [2.45, 2.75) is 18.9 Å². The molecule has 18 heavy (non-hydrogen) atoms. The number of ether oxygens (including phenoxy) is 1. The molecule has 94 valence electrons. The minimum absolute atomic E-state index is 0.483. The number of aryl methyl sites for hydroxylation is 1. The summed E-state index contributed by atoms with van der Waals surface area (Å²) < 4.78 is 5.29. The lowest BCUT2D eigenvalue weighted by Crippen LogP contribution is -2.01. The predicted molar refractivity (Wildman–Crippen MR) is 70.5 cm³/mol. The van der Waals surface area contributed by atoms with Crippen LogP contribution in [0.1, 0.15) is 23.7 Å². The van der Waals surface area contributed by atoms with Crippen LogP contribution in [0.2, 0.25) is 0 Å². The van der Waals surface area contributed by atoms with Crippen molar-refractivity contribution in [1.29, 1.82) is 0 Å². The first-order valence-corrected chi connectivity index (χ1v) is 6.01. The number of aromatic nitrogens is 1. The van der Waals surface area contributed by atoms with Gasteiger partial charge in [0.05, 0.1) is 13.2 Å². The number of benzene rings is 1. The van der Waals surface area contributed by atoms with E-state index in [1.807, 2.05) is 36.4 Å². The molecule has 0 amide bonds. The van der Waals surface area contributed by atoms with Crippen LogP contribution < -0.4 is 4.74 Å². The van der Waals surface area contributed by atoms with E-state index in [0.717, 1.165) is 23.3 Å². The fraction of sp³-hybridized carbons (Fsp3) is 0.267. The Morgan fingerprint density at radius 2 is 2.06 bits per heavy atom. The van der Waals surface area contributed by atoms with Gasteiger partial charge in [0, 0.05) is 12.4 Å². The van der Waals surface area contributed by atoms with Crippen LogP contribution in [0.3, 0.4) is 0 Å². The third kappa shape index (κ3) is 3.08. The summed E-state index contributed by atoms with van der Waals surface area (Å²) in [6.07, 6.45) is 4.36. The van der Waals surface area contributed by atoms with Crippen LogP contribution in [0.5, 0.6) is 5.75 Å². The largest absolute Gasteiger partial charge is 0.496 e. The van der Waals surface area contributed by atoms with Crippen LogP contribution in [0.25, 0.3) is 0 Å². The normalized spacial score (nSPS) is 12.1. The SMILES string of the molecule is COc1ccccc1CCC(O)c1cccnc1. The van der Waals surface area contributed by atoms with Crippen molar-refractivity contribution in [2.75, 3.05) is 7.11 Å². The van der Waals surface area contributed by atoms with Crippen molar-refractivity contribution >= 4 is 0 Å². The summed E-state index contributed by atoms with van der Waals surface area (Å²) >= 11 is 0. The smallest absolute Gasteiger partial charge is 0.122 e. The van der Waals surface area contributed by atoms with Crippen molar-refractivity contribution in [3.05, 3.63) is 59.9 Å². The highest BCUT2D eigenvalue weighted by molar-refractivity contribution is 5.33. The average molecular weight is 243 g/mol. The van der Waals surface area contributed by atoms with Gasteiger partial charge in [-0.2, -0.15) is 0 Å². The number of hydrogen-bond donors (Lipinski definition) is 1. The number of nitrogens with zero attached hydrogens (tertiary/aromatic N) is 1. The molecular weight excluding hydrogens is 226 g/mol. The van der Waals surface area contributed by atoms with Gasteiger partial charge < -0.3 is 9.84 Å². The van der Waals surface area contributed by atoms with Crippen molar-refractivity contribution in [2.24, 2.45) is 0 Å². The Balaban J connectivity index is 1.99. The van der Waals surface area contributed by atoms with Crippen LogP contribution in [-0.2, 0) is 6.42 Å². The van der Waals surface area contributed by atoms with Crippen LogP contribution in [-0.4, -0.2) is 17.2 Å². The Hall–Kier alpha value is -1.87. The molecule has 0 spiro atoms. The Labute approximate surface area is 107 Å². The highest BCUT2D eigenvalue weighted by atomic mass is 16.5. The van der Waals surface area contributed by atoms with E-state index in [4.69, 9.17) is 4.74 Å². The fourth-order valence-electron chi connectivity index (χ4n) is 1.94. The molecular formula is C15H17NO2. The van der Waals surface area contributed by atoms with E-state index in [9.17, 15) is 5.11 Å². The van der Waals surface area contributed by atoms with Gasteiger partial charge in [-0.3, -0.25) is 4.98 Å². The van der Waals surface area contributed by atoms with Crippen LogP contribution in [0.4, 0.5) is 0 Å².